The van der Waals surface area contributed by atoms with Crippen molar-refractivity contribution in [3.8, 4) is 5.75 Å². The monoisotopic (exact) mass is 619 g/mol. The van der Waals surface area contributed by atoms with E-state index in [1.54, 1.807) is 41.3 Å². The molecule has 1 aliphatic carbocycles. The van der Waals surface area contributed by atoms with Crippen LogP contribution in [0, 0.1) is 13.8 Å². The van der Waals surface area contributed by atoms with E-state index in [4.69, 9.17) is 4.74 Å². The molecule has 236 valence electrons. The SMILES string of the molecule is CC[C@H](C(=O)NC1CCCCC1)N(CCc1ccccc1)C(=O)CN(c1cc(C)ccc1OC)S(=O)(=O)c1ccc(C)cc1. The summed E-state index contributed by atoms with van der Waals surface area (Å²) in [6.07, 6.45) is 6.09. The van der Waals surface area contributed by atoms with Gasteiger partial charge in [0.2, 0.25) is 11.8 Å². The molecule has 0 radical (unpaired) electrons. The van der Waals surface area contributed by atoms with Gasteiger partial charge in [0, 0.05) is 12.6 Å². The number of anilines is 1. The van der Waals surface area contributed by atoms with Crippen LogP contribution in [0.5, 0.6) is 5.75 Å². The van der Waals surface area contributed by atoms with Crippen molar-refractivity contribution in [3.63, 3.8) is 0 Å². The minimum atomic E-state index is -4.19. The molecule has 3 aromatic carbocycles. The summed E-state index contributed by atoms with van der Waals surface area (Å²) in [5.41, 5.74) is 3.03. The third-order valence-corrected chi connectivity index (χ3v) is 10.1. The Morgan fingerprint density at radius 1 is 0.932 bits per heavy atom. The van der Waals surface area contributed by atoms with E-state index in [0.29, 0.717) is 18.6 Å². The Bertz CT molecular complexity index is 1500. The van der Waals surface area contributed by atoms with E-state index in [9.17, 15) is 18.0 Å². The van der Waals surface area contributed by atoms with E-state index in [1.807, 2.05) is 57.2 Å². The molecule has 1 atom stereocenters. The average molecular weight is 620 g/mol. The van der Waals surface area contributed by atoms with E-state index in [2.05, 4.69) is 5.32 Å². The summed E-state index contributed by atoms with van der Waals surface area (Å²) in [4.78, 5) is 29.7. The summed E-state index contributed by atoms with van der Waals surface area (Å²) < 4.78 is 35.1. The van der Waals surface area contributed by atoms with Crippen molar-refractivity contribution in [2.75, 3.05) is 24.5 Å². The summed E-state index contributed by atoms with van der Waals surface area (Å²) in [7, 11) is -2.71. The van der Waals surface area contributed by atoms with Crippen LogP contribution in [0.2, 0.25) is 0 Å². The molecule has 0 unspecified atom stereocenters. The summed E-state index contributed by atoms with van der Waals surface area (Å²) in [5, 5.41) is 3.19. The zero-order chi connectivity index (χ0) is 31.7. The number of methoxy groups -OCH3 is 1. The first-order chi connectivity index (χ1) is 21.1. The predicted octanol–water partition coefficient (Wildman–Crippen LogP) is 5.81. The van der Waals surface area contributed by atoms with Crippen LogP contribution in [0.25, 0.3) is 0 Å². The van der Waals surface area contributed by atoms with Crippen LogP contribution in [0.15, 0.2) is 77.7 Å². The second kappa shape index (κ2) is 15.2. The lowest BCUT2D eigenvalue weighted by atomic mass is 9.95. The lowest BCUT2D eigenvalue weighted by molar-refractivity contribution is -0.140. The number of carbonyl (C=O) groups is 2. The number of amides is 2. The highest BCUT2D eigenvalue weighted by Crippen LogP contribution is 2.34. The molecule has 1 aliphatic rings. The van der Waals surface area contributed by atoms with Gasteiger partial charge in [0.05, 0.1) is 17.7 Å². The van der Waals surface area contributed by atoms with Crippen LogP contribution < -0.4 is 14.4 Å². The highest BCUT2D eigenvalue weighted by molar-refractivity contribution is 7.92. The Morgan fingerprint density at radius 3 is 2.23 bits per heavy atom. The van der Waals surface area contributed by atoms with Crippen molar-refractivity contribution in [1.29, 1.82) is 0 Å². The quantitative estimate of drug-likeness (QED) is 0.261. The Morgan fingerprint density at radius 2 is 1.59 bits per heavy atom. The van der Waals surface area contributed by atoms with Gasteiger partial charge in [-0.25, -0.2) is 8.42 Å². The molecule has 3 aromatic rings. The summed E-state index contributed by atoms with van der Waals surface area (Å²) in [6.45, 7) is 5.41. The average Bonchev–Trinajstić information content (AvgIpc) is 3.02. The molecule has 1 N–H and O–H groups in total. The minimum absolute atomic E-state index is 0.0670. The number of ether oxygens (including phenoxy) is 1. The van der Waals surface area contributed by atoms with Gasteiger partial charge in [-0.2, -0.15) is 0 Å². The molecule has 1 fully saturated rings. The van der Waals surface area contributed by atoms with Crippen LogP contribution in [-0.2, 0) is 26.0 Å². The first-order valence-electron chi connectivity index (χ1n) is 15.5. The minimum Gasteiger partial charge on any atom is -0.495 e. The van der Waals surface area contributed by atoms with Gasteiger partial charge in [-0.1, -0.05) is 80.3 Å². The standard InChI is InChI=1S/C35H45N3O5S/c1-5-31(35(40)36-29-14-10-7-11-15-29)37(23-22-28-12-8-6-9-13-28)34(39)25-38(32-24-27(3)18-21-33(32)43-4)44(41,42)30-19-16-26(2)17-20-30/h6,8-9,12-13,16-21,24,29,31H,5,7,10-11,14-15,22-23,25H2,1-4H3,(H,36,40)/t31-/m1/s1. The smallest absolute Gasteiger partial charge is 0.264 e. The fourth-order valence-corrected chi connectivity index (χ4v) is 7.20. The van der Waals surface area contributed by atoms with Gasteiger partial charge in [0.25, 0.3) is 10.0 Å². The van der Waals surface area contributed by atoms with Crippen molar-refractivity contribution < 1.29 is 22.7 Å². The summed E-state index contributed by atoms with van der Waals surface area (Å²) in [6, 6.07) is 20.9. The Labute approximate surface area is 262 Å². The zero-order valence-electron chi connectivity index (χ0n) is 26.3. The van der Waals surface area contributed by atoms with E-state index < -0.39 is 28.5 Å². The van der Waals surface area contributed by atoms with Gasteiger partial charge in [-0.3, -0.25) is 13.9 Å². The molecule has 0 aliphatic heterocycles. The van der Waals surface area contributed by atoms with Crippen molar-refractivity contribution in [3.05, 3.63) is 89.5 Å². The molecule has 2 amide bonds. The second-order valence-corrected chi connectivity index (χ2v) is 13.5. The molecular formula is C35H45N3O5S. The normalized spacial score (nSPS) is 14.5. The van der Waals surface area contributed by atoms with Gasteiger partial charge in [-0.15, -0.1) is 0 Å². The lowest BCUT2D eigenvalue weighted by Gasteiger charge is -2.34. The number of aryl methyl sites for hydroxylation is 2. The van der Waals surface area contributed by atoms with E-state index >= 15 is 0 Å². The van der Waals surface area contributed by atoms with E-state index in [-0.39, 0.29) is 29.1 Å². The van der Waals surface area contributed by atoms with E-state index in [1.165, 1.54) is 13.5 Å². The predicted molar refractivity (Wildman–Crippen MR) is 174 cm³/mol. The topological polar surface area (TPSA) is 96.0 Å². The fourth-order valence-electron chi connectivity index (χ4n) is 5.79. The van der Waals surface area contributed by atoms with Gasteiger partial charge >= 0.3 is 0 Å². The number of rotatable bonds is 13. The van der Waals surface area contributed by atoms with Crippen LogP contribution in [0.4, 0.5) is 5.69 Å². The zero-order valence-corrected chi connectivity index (χ0v) is 27.1. The molecule has 9 heteroatoms. The maximum atomic E-state index is 14.4. The highest BCUT2D eigenvalue weighted by Gasteiger charge is 2.35. The van der Waals surface area contributed by atoms with Crippen LogP contribution >= 0.6 is 0 Å². The van der Waals surface area contributed by atoms with Crippen molar-refractivity contribution in [1.82, 2.24) is 10.2 Å². The fraction of sp³-hybridized carbons (Fsp3) is 0.429. The van der Waals surface area contributed by atoms with Crippen LogP contribution in [-0.4, -0.2) is 57.4 Å². The summed E-state index contributed by atoms with van der Waals surface area (Å²) in [5.74, 6) is -0.315. The van der Waals surface area contributed by atoms with Gasteiger partial charge in [0.1, 0.15) is 18.3 Å². The van der Waals surface area contributed by atoms with Gasteiger partial charge in [-0.05, 0) is 74.9 Å². The second-order valence-electron chi connectivity index (χ2n) is 11.6. The highest BCUT2D eigenvalue weighted by atomic mass is 32.2. The number of benzene rings is 3. The molecule has 44 heavy (non-hydrogen) atoms. The largest absolute Gasteiger partial charge is 0.495 e. The number of sulfonamides is 1. The van der Waals surface area contributed by atoms with Crippen LogP contribution in [0.3, 0.4) is 0 Å². The number of carbonyl (C=O) groups excluding carboxylic acids is 2. The molecule has 0 aromatic heterocycles. The number of nitrogens with zero attached hydrogens (tertiary/aromatic N) is 2. The first-order valence-corrected chi connectivity index (χ1v) is 17.0. The lowest BCUT2D eigenvalue weighted by Crippen LogP contribution is -2.54. The molecule has 4 rings (SSSR count). The Balaban J connectivity index is 1.72. The third-order valence-electron chi connectivity index (χ3n) is 8.31. The molecule has 8 nitrogen and oxygen atoms in total. The molecule has 0 saturated heterocycles. The maximum absolute atomic E-state index is 14.4. The molecule has 0 heterocycles. The number of hydrogen-bond donors (Lipinski definition) is 1. The number of nitrogens with one attached hydrogen (secondary N) is 1. The van der Waals surface area contributed by atoms with Gasteiger partial charge < -0.3 is 15.0 Å². The van der Waals surface area contributed by atoms with Crippen molar-refractivity contribution in [2.24, 2.45) is 0 Å². The maximum Gasteiger partial charge on any atom is 0.264 e. The summed E-state index contributed by atoms with van der Waals surface area (Å²) >= 11 is 0. The number of hydrogen-bond acceptors (Lipinski definition) is 5. The molecular weight excluding hydrogens is 574 g/mol. The molecule has 1 saturated carbocycles. The first kappa shape index (κ1) is 33.1. The van der Waals surface area contributed by atoms with Crippen molar-refractivity contribution >= 4 is 27.5 Å². The van der Waals surface area contributed by atoms with E-state index in [0.717, 1.165) is 46.7 Å². The third kappa shape index (κ3) is 8.20. The van der Waals surface area contributed by atoms with Crippen LogP contribution in [0.1, 0.15) is 62.1 Å². The van der Waals surface area contributed by atoms with Gasteiger partial charge in [0.15, 0.2) is 0 Å². The molecule has 0 bridgehead atoms. The van der Waals surface area contributed by atoms with Crippen molar-refractivity contribution in [2.45, 2.75) is 82.7 Å². The Hall–Kier alpha value is -3.85. The Kier molecular flexibility index (Phi) is 11.4. The molecule has 0 spiro atoms.